The SMILES string of the molecule is [B]c1c([B])c([B])c(-c2c3ccccc3c(-c3cc4cc(Cl)ccc4c4ccccc34)c3ccccc23)c([B])c1[B]. The number of hydrogen-bond acceptors (Lipinski definition) is 0. The van der Waals surface area contributed by atoms with Crippen molar-refractivity contribution in [1.82, 2.24) is 0 Å². The molecule has 0 aliphatic carbocycles. The zero-order valence-electron chi connectivity index (χ0n) is 21.5. The fraction of sp³-hybridized carbons (Fsp3) is 0. The Labute approximate surface area is 244 Å². The fourth-order valence-corrected chi connectivity index (χ4v) is 6.28. The number of fused-ring (bicyclic) bond motifs is 5. The summed E-state index contributed by atoms with van der Waals surface area (Å²) in [5.74, 6) is 0. The molecule has 0 nitrogen and oxygen atoms in total. The van der Waals surface area contributed by atoms with E-state index in [1.54, 1.807) is 0 Å². The van der Waals surface area contributed by atoms with Gasteiger partial charge in [0.05, 0.1) is 0 Å². The minimum absolute atomic E-state index is 0.199. The molecule has 0 fully saturated rings. The molecular formula is C34H16B5Cl. The van der Waals surface area contributed by atoms with Crippen LogP contribution in [0.1, 0.15) is 0 Å². The Morgan fingerprint density at radius 1 is 0.375 bits per heavy atom. The first kappa shape index (κ1) is 25.2. The van der Waals surface area contributed by atoms with Crippen LogP contribution in [-0.4, -0.2) is 39.2 Å². The summed E-state index contributed by atoms with van der Waals surface area (Å²) in [6.07, 6.45) is 0. The number of rotatable bonds is 2. The highest BCUT2D eigenvalue weighted by Gasteiger charge is 2.21. The van der Waals surface area contributed by atoms with E-state index in [9.17, 15) is 0 Å². The van der Waals surface area contributed by atoms with Gasteiger partial charge in [0.2, 0.25) is 0 Å². The van der Waals surface area contributed by atoms with Gasteiger partial charge in [0.15, 0.2) is 0 Å². The lowest BCUT2D eigenvalue weighted by molar-refractivity contribution is 1.71. The van der Waals surface area contributed by atoms with E-state index in [0.717, 1.165) is 59.8 Å². The van der Waals surface area contributed by atoms with Crippen LogP contribution in [0.4, 0.5) is 0 Å². The van der Waals surface area contributed by atoms with Crippen LogP contribution in [0.2, 0.25) is 5.02 Å². The van der Waals surface area contributed by atoms with Crippen molar-refractivity contribution < 1.29 is 0 Å². The molecule has 0 spiro atoms. The van der Waals surface area contributed by atoms with Crippen LogP contribution in [0.3, 0.4) is 0 Å². The van der Waals surface area contributed by atoms with Crippen LogP contribution < -0.4 is 27.3 Å². The molecule has 7 rings (SSSR count). The monoisotopic (exact) mass is 514 g/mol. The Morgan fingerprint density at radius 3 is 1.38 bits per heavy atom. The number of halogens is 1. The summed E-state index contributed by atoms with van der Waals surface area (Å²) in [5, 5.41) is 9.31. The lowest BCUT2D eigenvalue weighted by Gasteiger charge is -2.25. The third kappa shape index (κ3) is 3.61. The molecule has 0 bridgehead atoms. The van der Waals surface area contributed by atoms with Gasteiger partial charge in [0.25, 0.3) is 0 Å². The van der Waals surface area contributed by atoms with Crippen molar-refractivity contribution in [3.63, 3.8) is 0 Å². The van der Waals surface area contributed by atoms with Crippen LogP contribution in [-0.2, 0) is 0 Å². The maximum atomic E-state index is 6.61. The van der Waals surface area contributed by atoms with E-state index in [1.807, 2.05) is 36.4 Å². The van der Waals surface area contributed by atoms with Crippen molar-refractivity contribution in [2.75, 3.05) is 0 Å². The summed E-state index contributed by atoms with van der Waals surface area (Å²) in [6, 6.07) is 33.3. The lowest BCUT2D eigenvalue weighted by atomic mass is 9.59. The van der Waals surface area contributed by atoms with E-state index in [-0.39, 0.29) is 16.4 Å². The first-order valence-corrected chi connectivity index (χ1v) is 13.3. The topological polar surface area (TPSA) is 0 Å². The van der Waals surface area contributed by atoms with E-state index in [0.29, 0.717) is 21.5 Å². The number of hydrogen-bond donors (Lipinski definition) is 0. The second kappa shape index (κ2) is 9.39. The van der Waals surface area contributed by atoms with Crippen molar-refractivity contribution in [3.8, 4) is 22.3 Å². The zero-order valence-corrected chi connectivity index (χ0v) is 22.3. The standard InChI is InChI=1S/C34H16B5Cl/c35-30-29(31(36)33(38)34(39)32(30)37)28-24-11-5-3-9-22(24)27(23-10-4-6-12-25(23)28)26-16-17-15-18(40)13-14-19(17)20-7-1-2-8-21(20)26/h1-16H. The molecule has 6 heteroatoms. The molecule has 0 aromatic heterocycles. The van der Waals surface area contributed by atoms with Crippen molar-refractivity contribution in [3.05, 3.63) is 102 Å². The van der Waals surface area contributed by atoms with Crippen LogP contribution in [0.5, 0.6) is 0 Å². The van der Waals surface area contributed by atoms with E-state index in [1.165, 1.54) is 0 Å². The van der Waals surface area contributed by atoms with Gasteiger partial charge in [0, 0.05) is 5.02 Å². The van der Waals surface area contributed by atoms with Crippen LogP contribution >= 0.6 is 11.6 Å². The largest absolute Gasteiger partial charge is 0.113 e. The normalized spacial score (nSPS) is 11.6. The molecule has 0 saturated carbocycles. The van der Waals surface area contributed by atoms with Gasteiger partial charge in [-0.25, -0.2) is 0 Å². The summed E-state index contributed by atoms with van der Waals surface area (Å²) < 4.78 is 0. The Kier molecular flexibility index (Phi) is 5.91. The van der Waals surface area contributed by atoms with Gasteiger partial charge in [0.1, 0.15) is 39.2 Å². The van der Waals surface area contributed by atoms with Crippen molar-refractivity contribution in [2.24, 2.45) is 0 Å². The first-order chi connectivity index (χ1) is 19.4. The highest BCUT2D eigenvalue weighted by atomic mass is 35.5. The van der Waals surface area contributed by atoms with E-state index >= 15 is 0 Å². The molecule has 0 N–H and O–H groups in total. The third-order valence-electron chi connectivity index (χ3n) is 7.97. The second-order valence-electron chi connectivity index (χ2n) is 10.1. The Balaban J connectivity index is 1.72. The Morgan fingerprint density at radius 2 is 0.825 bits per heavy atom. The van der Waals surface area contributed by atoms with E-state index < -0.39 is 0 Å². The van der Waals surface area contributed by atoms with Gasteiger partial charge in [-0.05, 0) is 83.5 Å². The highest BCUT2D eigenvalue weighted by Crippen LogP contribution is 2.45. The average molecular weight is 514 g/mol. The minimum Gasteiger partial charge on any atom is -0.112 e. The molecule has 40 heavy (non-hydrogen) atoms. The Bertz CT molecular complexity index is 2100. The van der Waals surface area contributed by atoms with E-state index in [4.69, 9.17) is 50.8 Å². The summed E-state index contributed by atoms with van der Waals surface area (Å²) in [4.78, 5) is 0. The van der Waals surface area contributed by atoms with Gasteiger partial charge in [-0.15, -0.1) is 16.4 Å². The molecule has 0 unspecified atom stereocenters. The zero-order chi connectivity index (χ0) is 27.7. The number of benzene rings is 7. The maximum Gasteiger partial charge on any atom is 0.113 e. The van der Waals surface area contributed by atoms with Crippen LogP contribution in [0.15, 0.2) is 97.1 Å². The molecule has 0 amide bonds. The summed E-state index contributed by atoms with van der Waals surface area (Å²) in [5.41, 5.74) is 4.99. The summed E-state index contributed by atoms with van der Waals surface area (Å²) >= 11 is 6.46. The molecular weight excluding hydrogens is 498 g/mol. The van der Waals surface area contributed by atoms with Crippen molar-refractivity contribution >= 4 is 121 Å². The third-order valence-corrected chi connectivity index (χ3v) is 8.21. The van der Waals surface area contributed by atoms with Gasteiger partial charge in [-0.3, -0.25) is 0 Å². The molecule has 7 aromatic rings. The van der Waals surface area contributed by atoms with Crippen molar-refractivity contribution in [2.45, 2.75) is 0 Å². The molecule has 0 atom stereocenters. The quantitative estimate of drug-likeness (QED) is 0.184. The highest BCUT2D eigenvalue weighted by molar-refractivity contribution is 6.69. The molecule has 7 aromatic carbocycles. The fourth-order valence-electron chi connectivity index (χ4n) is 6.10. The van der Waals surface area contributed by atoms with Gasteiger partial charge >= 0.3 is 0 Å². The predicted molar refractivity (Wildman–Crippen MR) is 179 cm³/mol. The maximum absolute atomic E-state index is 6.61. The first-order valence-electron chi connectivity index (χ1n) is 12.9. The molecule has 0 heterocycles. The molecule has 174 valence electrons. The van der Waals surface area contributed by atoms with E-state index in [2.05, 4.69) is 60.7 Å². The van der Waals surface area contributed by atoms with Crippen LogP contribution in [0.25, 0.3) is 65.3 Å². The minimum atomic E-state index is 0.199. The second-order valence-corrected chi connectivity index (χ2v) is 10.6. The average Bonchev–Trinajstić information content (AvgIpc) is 2.98. The van der Waals surface area contributed by atoms with Crippen LogP contribution in [0, 0.1) is 0 Å². The lowest BCUT2D eigenvalue weighted by Crippen LogP contribution is -2.55. The molecule has 0 saturated heterocycles. The summed E-state index contributed by atoms with van der Waals surface area (Å²) in [7, 11) is 32.0. The molecule has 0 aliphatic rings. The van der Waals surface area contributed by atoms with Crippen molar-refractivity contribution in [1.29, 1.82) is 0 Å². The van der Waals surface area contributed by atoms with Gasteiger partial charge in [-0.1, -0.05) is 101 Å². The predicted octanol–water partition coefficient (Wildman–Crippen LogP) is 4.26. The molecule has 10 radical (unpaired) electrons. The smallest absolute Gasteiger partial charge is 0.112 e. The Hall–Kier alpha value is -3.81. The van der Waals surface area contributed by atoms with Gasteiger partial charge in [-0.2, -0.15) is 0 Å². The molecule has 0 aliphatic heterocycles. The van der Waals surface area contributed by atoms with Gasteiger partial charge < -0.3 is 0 Å². The summed E-state index contributed by atoms with van der Waals surface area (Å²) in [6.45, 7) is 0.